The molecule has 0 saturated carbocycles. The first-order valence-corrected chi connectivity index (χ1v) is 9.46. The van der Waals surface area contributed by atoms with Crippen molar-refractivity contribution >= 4 is 17.7 Å². The minimum absolute atomic E-state index is 0.0676. The van der Waals surface area contributed by atoms with E-state index in [4.69, 9.17) is 0 Å². The second kappa shape index (κ2) is 8.50. The van der Waals surface area contributed by atoms with Gasteiger partial charge in [0, 0.05) is 18.0 Å². The van der Waals surface area contributed by atoms with Crippen LogP contribution in [0.15, 0.2) is 59.5 Å². The number of halogens is 1. The molecule has 3 nitrogen and oxygen atoms in total. The lowest BCUT2D eigenvalue weighted by Crippen LogP contribution is -2.33. The molecule has 1 heterocycles. The molecule has 1 fully saturated rings. The number of hydrogen-bond acceptors (Lipinski definition) is 3. The SMILES string of the molecule is CNCC1CCN(C(=O)C(Sc2ccccc2F)c2ccccc2)C1. The Morgan fingerprint density at radius 1 is 1.24 bits per heavy atom. The first-order valence-electron chi connectivity index (χ1n) is 8.58. The molecule has 1 aliphatic heterocycles. The van der Waals surface area contributed by atoms with Gasteiger partial charge in [0.15, 0.2) is 0 Å². The van der Waals surface area contributed by atoms with E-state index in [-0.39, 0.29) is 11.7 Å². The summed E-state index contributed by atoms with van der Waals surface area (Å²) in [5.41, 5.74) is 0.915. The lowest BCUT2D eigenvalue weighted by atomic mass is 10.1. The standard InChI is InChI=1S/C20H23FN2OS/c1-22-13-15-11-12-23(14-15)20(24)19(16-7-3-2-4-8-16)25-18-10-6-5-9-17(18)21/h2-10,15,19,22H,11-14H2,1H3. The Kier molecular flexibility index (Phi) is 6.10. The van der Waals surface area contributed by atoms with Gasteiger partial charge in [0.25, 0.3) is 0 Å². The monoisotopic (exact) mass is 358 g/mol. The predicted octanol–water partition coefficient (Wildman–Crippen LogP) is 3.73. The van der Waals surface area contributed by atoms with E-state index in [0.29, 0.717) is 10.8 Å². The Bertz CT molecular complexity index is 710. The quantitative estimate of drug-likeness (QED) is 0.799. The van der Waals surface area contributed by atoms with Crippen LogP contribution in [0.3, 0.4) is 0 Å². The summed E-state index contributed by atoms with van der Waals surface area (Å²) in [6, 6.07) is 16.3. The number of amides is 1. The highest BCUT2D eigenvalue weighted by atomic mass is 32.2. The second-order valence-electron chi connectivity index (χ2n) is 6.34. The number of nitrogens with one attached hydrogen (secondary N) is 1. The van der Waals surface area contributed by atoms with E-state index in [1.807, 2.05) is 42.3 Å². The molecule has 2 atom stereocenters. The molecular weight excluding hydrogens is 335 g/mol. The van der Waals surface area contributed by atoms with Gasteiger partial charge in [-0.1, -0.05) is 42.5 Å². The van der Waals surface area contributed by atoms with Gasteiger partial charge in [0.05, 0.1) is 0 Å². The van der Waals surface area contributed by atoms with Crippen molar-refractivity contribution < 1.29 is 9.18 Å². The van der Waals surface area contributed by atoms with Crippen molar-refractivity contribution in [3.63, 3.8) is 0 Å². The lowest BCUT2D eigenvalue weighted by molar-refractivity contribution is -0.129. The van der Waals surface area contributed by atoms with Gasteiger partial charge >= 0.3 is 0 Å². The number of benzene rings is 2. The smallest absolute Gasteiger partial charge is 0.240 e. The Morgan fingerprint density at radius 2 is 1.96 bits per heavy atom. The molecule has 0 radical (unpaired) electrons. The molecule has 1 aliphatic rings. The summed E-state index contributed by atoms with van der Waals surface area (Å²) in [6.45, 7) is 2.45. The fourth-order valence-electron chi connectivity index (χ4n) is 3.21. The molecule has 1 saturated heterocycles. The van der Waals surface area contributed by atoms with Gasteiger partial charge < -0.3 is 10.2 Å². The molecule has 0 aromatic heterocycles. The topological polar surface area (TPSA) is 32.3 Å². The zero-order chi connectivity index (χ0) is 17.6. The maximum atomic E-state index is 14.1. The second-order valence-corrected chi connectivity index (χ2v) is 7.48. The van der Waals surface area contributed by atoms with Crippen LogP contribution in [0.1, 0.15) is 17.2 Å². The molecular formula is C20H23FN2OS. The van der Waals surface area contributed by atoms with Crippen LogP contribution in [0, 0.1) is 11.7 Å². The average molecular weight is 358 g/mol. The normalized spacial score (nSPS) is 18.3. The third-order valence-corrected chi connectivity index (χ3v) is 5.79. The van der Waals surface area contributed by atoms with Crippen molar-refractivity contribution in [2.45, 2.75) is 16.6 Å². The molecule has 132 valence electrons. The van der Waals surface area contributed by atoms with E-state index >= 15 is 0 Å². The molecule has 3 rings (SSSR count). The number of hydrogen-bond donors (Lipinski definition) is 1. The predicted molar refractivity (Wildman–Crippen MR) is 100 cm³/mol. The lowest BCUT2D eigenvalue weighted by Gasteiger charge is -2.24. The van der Waals surface area contributed by atoms with E-state index in [2.05, 4.69) is 5.32 Å². The molecule has 25 heavy (non-hydrogen) atoms. The first kappa shape index (κ1) is 18.0. The fraction of sp³-hybridized carbons (Fsp3) is 0.350. The Balaban J connectivity index is 1.82. The Labute approximate surface area is 152 Å². The van der Waals surface area contributed by atoms with Gasteiger partial charge in [-0.25, -0.2) is 4.39 Å². The number of likely N-dealkylation sites (tertiary alicyclic amines) is 1. The van der Waals surface area contributed by atoms with Crippen LogP contribution in [0.5, 0.6) is 0 Å². The van der Waals surface area contributed by atoms with Crippen LogP contribution in [0.4, 0.5) is 4.39 Å². The highest BCUT2D eigenvalue weighted by Crippen LogP contribution is 2.38. The van der Waals surface area contributed by atoms with Crippen molar-refractivity contribution in [1.82, 2.24) is 10.2 Å². The van der Waals surface area contributed by atoms with Crippen LogP contribution in [0.25, 0.3) is 0 Å². The summed E-state index contributed by atoms with van der Waals surface area (Å²) >= 11 is 1.30. The van der Waals surface area contributed by atoms with E-state index in [0.717, 1.165) is 31.6 Å². The zero-order valence-corrected chi connectivity index (χ0v) is 15.1. The summed E-state index contributed by atoms with van der Waals surface area (Å²) in [7, 11) is 1.94. The zero-order valence-electron chi connectivity index (χ0n) is 14.3. The van der Waals surface area contributed by atoms with Gasteiger partial charge in [-0.3, -0.25) is 4.79 Å². The van der Waals surface area contributed by atoms with Crippen LogP contribution in [-0.4, -0.2) is 37.5 Å². The highest BCUT2D eigenvalue weighted by Gasteiger charge is 2.32. The van der Waals surface area contributed by atoms with E-state index < -0.39 is 5.25 Å². The molecule has 2 aromatic carbocycles. The van der Waals surface area contributed by atoms with Crippen molar-refractivity contribution in [2.24, 2.45) is 5.92 Å². The third-order valence-electron chi connectivity index (χ3n) is 4.50. The summed E-state index contributed by atoms with van der Waals surface area (Å²) in [5.74, 6) is 0.276. The van der Waals surface area contributed by atoms with Gasteiger partial charge in [-0.15, -0.1) is 11.8 Å². The molecule has 0 spiro atoms. The summed E-state index contributed by atoms with van der Waals surface area (Å²) in [4.78, 5) is 15.6. The van der Waals surface area contributed by atoms with Crippen molar-refractivity contribution in [3.8, 4) is 0 Å². The van der Waals surface area contributed by atoms with Gasteiger partial charge in [-0.05, 0) is 43.6 Å². The maximum Gasteiger partial charge on any atom is 0.240 e. The van der Waals surface area contributed by atoms with Crippen molar-refractivity contribution in [3.05, 3.63) is 66.0 Å². The Hall–Kier alpha value is -1.85. The van der Waals surface area contributed by atoms with Crippen LogP contribution in [0.2, 0.25) is 0 Å². The summed E-state index contributed by atoms with van der Waals surface area (Å²) < 4.78 is 14.1. The average Bonchev–Trinajstić information content (AvgIpc) is 3.10. The number of rotatable bonds is 6. The summed E-state index contributed by atoms with van der Waals surface area (Å²) in [5, 5.41) is 2.76. The van der Waals surface area contributed by atoms with E-state index in [9.17, 15) is 9.18 Å². The van der Waals surface area contributed by atoms with Crippen LogP contribution in [-0.2, 0) is 4.79 Å². The van der Waals surface area contributed by atoms with Gasteiger partial charge in [0.1, 0.15) is 11.1 Å². The Morgan fingerprint density at radius 3 is 2.68 bits per heavy atom. The van der Waals surface area contributed by atoms with Crippen LogP contribution < -0.4 is 5.32 Å². The van der Waals surface area contributed by atoms with E-state index in [1.54, 1.807) is 18.2 Å². The molecule has 2 unspecified atom stereocenters. The maximum absolute atomic E-state index is 14.1. The van der Waals surface area contributed by atoms with Crippen molar-refractivity contribution in [2.75, 3.05) is 26.7 Å². The number of carbonyl (C=O) groups is 1. The van der Waals surface area contributed by atoms with Crippen LogP contribution >= 0.6 is 11.8 Å². The molecule has 0 aliphatic carbocycles. The summed E-state index contributed by atoms with van der Waals surface area (Å²) in [6.07, 6.45) is 1.01. The minimum atomic E-state index is -0.425. The number of nitrogens with zero attached hydrogens (tertiary/aromatic N) is 1. The van der Waals surface area contributed by atoms with E-state index in [1.165, 1.54) is 17.8 Å². The molecule has 0 bridgehead atoms. The van der Waals surface area contributed by atoms with Gasteiger partial charge in [-0.2, -0.15) is 0 Å². The first-order chi connectivity index (χ1) is 12.2. The molecule has 1 amide bonds. The molecule has 2 aromatic rings. The van der Waals surface area contributed by atoms with Gasteiger partial charge in [0.2, 0.25) is 5.91 Å². The fourth-order valence-corrected chi connectivity index (χ4v) is 4.34. The largest absolute Gasteiger partial charge is 0.341 e. The number of carbonyl (C=O) groups excluding carboxylic acids is 1. The van der Waals surface area contributed by atoms with Crippen molar-refractivity contribution in [1.29, 1.82) is 0 Å². The molecule has 5 heteroatoms. The third kappa shape index (κ3) is 4.41. The highest BCUT2D eigenvalue weighted by molar-refractivity contribution is 8.00. The molecule has 1 N–H and O–H groups in total. The minimum Gasteiger partial charge on any atom is -0.341 e. The number of thioether (sulfide) groups is 1.